The number of fused-ring (bicyclic) bond motifs is 1. The molecule has 4 rings (SSSR count). The molecule has 0 spiro atoms. The first-order valence-electron chi connectivity index (χ1n) is 9.58. The zero-order valence-corrected chi connectivity index (χ0v) is 16.1. The summed E-state index contributed by atoms with van der Waals surface area (Å²) in [5.41, 5.74) is 1.84. The van der Waals surface area contributed by atoms with Crippen LogP contribution in [-0.4, -0.2) is 10.9 Å². The van der Waals surface area contributed by atoms with E-state index >= 15 is 0 Å². The Balaban J connectivity index is 1.37. The van der Waals surface area contributed by atoms with Crippen LogP contribution in [-0.2, 0) is 11.2 Å². The lowest BCUT2D eigenvalue weighted by Crippen LogP contribution is -2.27. The van der Waals surface area contributed by atoms with Gasteiger partial charge in [0.2, 0.25) is 5.91 Å². The van der Waals surface area contributed by atoms with Gasteiger partial charge in [-0.3, -0.25) is 4.79 Å². The predicted molar refractivity (Wildman–Crippen MR) is 111 cm³/mol. The Kier molecular flexibility index (Phi) is 5.38. The van der Waals surface area contributed by atoms with Crippen LogP contribution in [0.25, 0.3) is 22.1 Å². The summed E-state index contributed by atoms with van der Waals surface area (Å²) in [6.45, 7) is 1.98. The van der Waals surface area contributed by atoms with Crippen LogP contribution in [0.3, 0.4) is 0 Å². The Hall–Kier alpha value is -3.47. The SMILES string of the molecule is CC(NC(=O)CCc1ncc(-c2ccc(F)cc2)o1)c1cccc2ccccc12. The third-order valence-corrected chi connectivity index (χ3v) is 4.92. The number of aryl methyl sites for hydroxylation is 1. The Morgan fingerprint density at radius 2 is 1.83 bits per heavy atom. The molecular formula is C24H21FN2O2. The van der Waals surface area contributed by atoms with Crippen molar-refractivity contribution in [2.24, 2.45) is 0 Å². The minimum Gasteiger partial charge on any atom is -0.441 e. The van der Waals surface area contributed by atoms with Crippen molar-refractivity contribution < 1.29 is 13.6 Å². The number of hydrogen-bond acceptors (Lipinski definition) is 3. The fraction of sp³-hybridized carbons (Fsp3) is 0.167. The molecule has 0 aliphatic rings. The monoisotopic (exact) mass is 388 g/mol. The van der Waals surface area contributed by atoms with E-state index in [0.717, 1.165) is 21.9 Å². The summed E-state index contributed by atoms with van der Waals surface area (Å²) < 4.78 is 18.7. The van der Waals surface area contributed by atoms with E-state index in [0.29, 0.717) is 18.1 Å². The number of benzene rings is 3. The van der Waals surface area contributed by atoms with E-state index in [1.54, 1.807) is 18.3 Å². The average molecular weight is 388 g/mol. The summed E-state index contributed by atoms with van der Waals surface area (Å²) in [5.74, 6) is 0.680. The van der Waals surface area contributed by atoms with Gasteiger partial charge in [0.25, 0.3) is 0 Å². The Morgan fingerprint density at radius 1 is 1.07 bits per heavy atom. The van der Waals surface area contributed by atoms with Crippen molar-refractivity contribution in [3.63, 3.8) is 0 Å². The minimum absolute atomic E-state index is 0.0630. The smallest absolute Gasteiger partial charge is 0.220 e. The van der Waals surface area contributed by atoms with Crippen molar-refractivity contribution in [3.8, 4) is 11.3 Å². The maximum atomic E-state index is 13.0. The lowest BCUT2D eigenvalue weighted by atomic mass is 9.99. The highest BCUT2D eigenvalue weighted by Crippen LogP contribution is 2.24. The maximum Gasteiger partial charge on any atom is 0.220 e. The molecule has 146 valence electrons. The Labute approximate surface area is 168 Å². The lowest BCUT2D eigenvalue weighted by molar-refractivity contribution is -0.121. The number of nitrogens with zero attached hydrogens (tertiary/aromatic N) is 1. The summed E-state index contributed by atoms with van der Waals surface area (Å²) in [4.78, 5) is 16.7. The molecule has 1 amide bonds. The van der Waals surface area contributed by atoms with Crippen LogP contribution in [0.1, 0.15) is 30.8 Å². The summed E-state index contributed by atoms with van der Waals surface area (Å²) in [6, 6.07) is 20.2. The predicted octanol–water partition coefficient (Wildman–Crippen LogP) is 5.44. The van der Waals surface area contributed by atoms with E-state index in [2.05, 4.69) is 28.5 Å². The van der Waals surface area contributed by atoms with Crippen molar-refractivity contribution in [2.75, 3.05) is 0 Å². The van der Waals surface area contributed by atoms with Crippen LogP contribution < -0.4 is 5.32 Å². The first-order valence-corrected chi connectivity index (χ1v) is 9.58. The van der Waals surface area contributed by atoms with E-state index in [4.69, 9.17) is 4.42 Å². The molecule has 1 N–H and O–H groups in total. The normalized spacial score (nSPS) is 12.1. The molecule has 0 saturated heterocycles. The number of halogens is 1. The van der Waals surface area contributed by atoms with Gasteiger partial charge in [-0.2, -0.15) is 0 Å². The van der Waals surface area contributed by atoms with Crippen molar-refractivity contribution in [2.45, 2.75) is 25.8 Å². The summed E-state index contributed by atoms with van der Waals surface area (Å²) in [6.07, 6.45) is 2.27. The molecule has 29 heavy (non-hydrogen) atoms. The van der Waals surface area contributed by atoms with Crippen LogP contribution >= 0.6 is 0 Å². The number of carbonyl (C=O) groups excluding carboxylic acids is 1. The highest BCUT2D eigenvalue weighted by atomic mass is 19.1. The van der Waals surface area contributed by atoms with Crippen LogP contribution in [0, 0.1) is 5.82 Å². The second kappa shape index (κ2) is 8.27. The molecule has 5 heteroatoms. The van der Waals surface area contributed by atoms with Gasteiger partial charge < -0.3 is 9.73 Å². The van der Waals surface area contributed by atoms with Crippen LogP contribution in [0.15, 0.2) is 77.3 Å². The fourth-order valence-corrected chi connectivity index (χ4v) is 3.41. The quantitative estimate of drug-likeness (QED) is 0.478. The molecular weight excluding hydrogens is 367 g/mol. The topological polar surface area (TPSA) is 55.1 Å². The van der Waals surface area contributed by atoms with Crippen molar-refractivity contribution in [3.05, 3.63) is 90.2 Å². The van der Waals surface area contributed by atoms with Gasteiger partial charge in [0, 0.05) is 18.4 Å². The van der Waals surface area contributed by atoms with Gasteiger partial charge in [0.05, 0.1) is 12.2 Å². The fourth-order valence-electron chi connectivity index (χ4n) is 3.41. The van der Waals surface area contributed by atoms with Crippen LogP contribution in [0.4, 0.5) is 4.39 Å². The summed E-state index contributed by atoms with van der Waals surface area (Å²) >= 11 is 0. The second-order valence-corrected chi connectivity index (χ2v) is 6.98. The third-order valence-electron chi connectivity index (χ3n) is 4.92. The summed E-state index contributed by atoms with van der Waals surface area (Å²) in [5, 5.41) is 5.34. The van der Waals surface area contributed by atoms with Crippen LogP contribution in [0.2, 0.25) is 0 Å². The first-order chi connectivity index (χ1) is 14.1. The van der Waals surface area contributed by atoms with Gasteiger partial charge in [-0.25, -0.2) is 9.37 Å². The molecule has 0 bridgehead atoms. The molecule has 0 aliphatic carbocycles. The van der Waals surface area contributed by atoms with Crippen LogP contribution in [0.5, 0.6) is 0 Å². The van der Waals surface area contributed by atoms with Gasteiger partial charge in [-0.05, 0) is 47.5 Å². The molecule has 4 aromatic rings. The number of amides is 1. The molecule has 1 aromatic heterocycles. The highest BCUT2D eigenvalue weighted by Gasteiger charge is 2.14. The molecule has 0 saturated carbocycles. The minimum atomic E-state index is -0.300. The number of carbonyl (C=O) groups is 1. The zero-order chi connectivity index (χ0) is 20.2. The molecule has 3 aromatic carbocycles. The van der Waals surface area contributed by atoms with Gasteiger partial charge in [0.15, 0.2) is 11.7 Å². The van der Waals surface area contributed by atoms with Gasteiger partial charge in [-0.1, -0.05) is 42.5 Å². The number of nitrogens with one attached hydrogen (secondary N) is 1. The molecule has 0 fully saturated rings. The van der Waals surface area contributed by atoms with Gasteiger partial charge >= 0.3 is 0 Å². The number of aromatic nitrogens is 1. The maximum absolute atomic E-state index is 13.0. The first kappa shape index (κ1) is 18.9. The molecule has 1 atom stereocenters. The number of rotatable bonds is 6. The van der Waals surface area contributed by atoms with Gasteiger partial charge in [-0.15, -0.1) is 0 Å². The standard InChI is InChI=1S/C24H21FN2O2/c1-16(20-8-4-6-17-5-2-3-7-21(17)20)27-23(28)13-14-24-26-15-22(29-24)18-9-11-19(25)12-10-18/h2-12,15-16H,13-14H2,1H3,(H,27,28). The van der Waals surface area contributed by atoms with E-state index < -0.39 is 0 Å². The third kappa shape index (κ3) is 4.35. The van der Waals surface area contributed by atoms with Crippen molar-refractivity contribution in [1.29, 1.82) is 0 Å². The van der Waals surface area contributed by atoms with E-state index in [9.17, 15) is 9.18 Å². The second-order valence-electron chi connectivity index (χ2n) is 6.98. The molecule has 0 aliphatic heterocycles. The molecule has 1 unspecified atom stereocenters. The van der Waals surface area contributed by atoms with Crippen molar-refractivity contribution in [1.82, 2.24) is 10.3 Å². The molecule has 1 heterocycles. The van der Waals surface area contributed by atoms with E-state index in [1.165, 1.54) is 12.1 Å². The molecule has 4 nitrogen and oxygen atoms in total. The lowest BCUT2D eigenvalue weighted by Gasteiger charge is -2.16. The molecule has 0 radical (unpaired) electrons. The Bertz CT molecular complexity index is 1130. The number of hydrogen-bond donors (Lipinski definition) is 1. The highest BCUT2D eigenvalue weighted by molar-refractivity contribution is 5.86. The largest absolute Gasteiger partial charge is 0.441 e. The average Bonchev–Trinajstić information content (AvgIpc) is 3.21. The van der Waals surface area contributed by atoms with E-state index in [-0.39, 0.29) is 24.2 Å². The van der Waals surface area contributed by atoms with Gasteiger partial charge in [0.1, 0.15) is 5.82 Å². The Morgan fingerprint density at radius 3 is 2.66 bits per heavy atom. The van der Waals surface area contributed by atoms with E-state index in [1.807, 2.05) is 31.2 Å². The zero-order valence-electron chi connectivity index (χ0n) is 16.1. The van der Waals surface area contributed by atoms with Crippen molar-refractivity contribution >= 4 is 16.7 Å². The summed E-state index contributed by atoms with van der Waals surface area (Å²) in [7, 11) is 0. The number of oxazole rings is 1.